The lowest BCUT2D eigenvalue weighted by Gasteiger charge is -2.15. The van der Waals surface area contributed by atoms with Crippen molar-refractivity contribution in [2.24, 2.45) is 0 Å². The van der Waals surface area contributed by atoms with Crippen molar-refractivity contribution in [3.63, 3.8) is 0 Å². The van der Waals surface area contributed by atoms with Gasteiger partial charge >= 0.3 is 0 Å². The van der Waals surface area contributed by atoms with E-state index in [1.54, 1.807) is 31.2 Å². The van der Waals surface area contributed by atoms with E-state index in [4.69, 9.17) is 9.15 Å². The molecule has 0 saturated carbocycles. The van der Waals surface area contributed by atoms with Crippen molar-refractivity contribution < 1.29 is 22.4 Å². The van der Waals surface area contributed by atoms with Crippen LogP contribution in [-0.4, -0.2) is 20.4 Å². The highest BCUT2D eigenvalue weighted by Crippen LogP contribution is 2.17. The topological polar surface area (TPSA) is 97.6 Å². The van der Waals surface area contributed by atoms with Crippen LogP contribution in [0.4, 0.5) is 5.69 Å². The van der Waals surface area contributed by atoms with E-state index in [0.717, 1.165) is 5.56 Å². The lowest BCUT2D eigenvalue weighted by molar-refractivity contribution is -0.122. The molecule has 8 heteroatoms. The molecule has 0 aliphatic heterocycles. The summed E-state index contributed by atoms with van der Waals surface area (Å²) in [5, 5.41) is 2.71. The molecule has 1 unspecified atom stereocenters. The molecular weight excluding hydrogens is 392 g/mol. The lowest BCUT2D eigenvalue weighted by atomic mass is 10.2. The third-order valence-corrected chi connectivity index (χ3v) is 5.57. The van der Waals surface area contributed by atoms with E-state index in [0.29, 0.717) is 17.2 Å². The van der Waals surface area contributed by atoms with Gasteiger partial charge in [0, 0.05) is 5.69 Å². The van der Waals surface area contributed by atoms with Crippen molar-refractivity contribution in [1.29, 1.82) is 0 Å². The Morgan fingerprint density at radius 2 is 1.76 bits per heavy atom. The third-order valence-electron chi connectivity index (χ3n) is 4.15. The average Bonchev–Trinajstić information content (AvgIpc) is 3.22. The van der Waals surface area contributed by atoms with E-state index in [9.17, 15) is 13.2 Å². The average molecular weight is 414 g/mol. The van der Waals surface area contributed by atoms with Gasteiger partial charge in [-0.2, -0.15) is 0 Å². The van der Waals surface area contributed by atoms with Gasteiger partial charge in [0.05, 0.1) is 17.7 Å². The second-order valence-corrected chi connectivity index (χ2v) is 8.26. The van der Waals surface area contributed by atoms with E-state index in [1.807, 2.05) is 19.1 Å². The molecule has 0 saturated heterocycles. The SMILES string of the molecule is Cc1ccc(OC(C)C(=O)Nc2ccc(S(=O)(=O)NCc3ccco3)cc2)cc1. The molecule has 0 aliphatic carbocycles. The van der Waals surface area contributed by atoms with Gasteiger partial charge in [-0.15, -0.1) is 0 Å². The van der Waals surface area contributed by atoms with Crippen LogP contribution in [0.15, 0.2) is 76.2 Å². The maximum absolute atomic E-state index is 12.3. The predicted octanol–water partition coefficient (Wildman–Crippen LogP) is 3.47. The minimum atomic E-state index is -3.69. The first-order valence-corrected chi connectivity index (χ1v) is 10.5. The number of furan rings is 1. The molecule has 3 aromatic rings. The maximum atomic E-state index is 12.3. The van der Waals surface area contributed by atoms with Crippen LogP contribution in [0.5, 0.6) is 5.75 Å². The highest BCUT2D eigenvalue weighted by Gasteiger charge is 2.17. The number of benzene rings is 2. The Morgan fingerprint density at radius 1 is 1.07 bits per heavy atom. The Balaban J connectivity index is 1.57. The van der Waals surface area contributed by atoms with Gasteiger partial charge in [0.25, 0.3) is 5.91 Å². The Bertz CT molecular complexity index is 1040. The summed E-state index contributed by atoms with van der Waals surface area (Å²) >= 11 is 0. The number of amides is 1. The van der Waals surface area contributed by atoms with Crippen LogP contribution in [0.3, 0.4) is 0 Å². The minimum Gasteiger partial charge on any atom is -0.481 e. The number of ether oxygens (including phenoxy) is 1. The van der Waals surface area contributed by atoms with E-state index in [2.05, 4.69) is 10.0 Å². The second kappa shape index (κ2) is 8.93. The van der Waals surface area contributed by atoms with E-state index in [1.165, 1.54) is 30.5 Å². The number of nitrogens with one attached hydrogen (secondary N) is 2. The van der Waals surface area contributed by atoms with Crippen LogP contribution in [0.25, 0.3) is 0 Å². The summed E-state index contributed by atoms with van der Waals surface area (Å²) in [5.74, 6) is 0.777. The van der Waals surface area contributed by atoms with Gasteiger partial charge in [-0.3, -0.25) is 4.79 Å². The number of carbonyl (C=O) groups is 1. The first-order valence-electron chi connectivity index (χ1n) is 9.00. The second-order valence-electron chi connectivity index (χ2n) is 6.49. The predicted molar refractivity (Wildman–Crippen MR) is 109 cm³/mol. The van der Waals surface area contributed by atoms with Gasteiger partial charge in [-0.05, 0) is 62.4 Å². The molecule has 3 rings (SSSR count). The van der Waals surface area contributed by atoms with Gasteiger partial charge in [0.15, 0.2) is 6.10 Å². The number of hydrogen-bond donors (Lipinski definition) is 2. The molecule has 1 amide bonds. The highest BCUT2D eigenvalue weighted by atomic mass is 32.2. The van der Waals surface area contributed by atoms with Gasteiger partial charge < -0.3 is 14.5 Å². The fraction of sp³-hybridized carbons (Fsp3) is 0.190. The summed E-state index contributed by atoms with van der Waals surface area (Å²) in [6.07, 6.45) is 0.765. The summed E-state index contributed by atoms with van der Waals surface area (Å²) in [6.45, 7) is 3.67. The largest absolute Gasteiger partial charge is 0.481 e. The zero-order chi connectivity index (χ0) is 20.9. The normalized spacial score (nSPS) is 12.3. The molecule has 1 atom stereocenters. The smallest absolute Gasteiger partial charge is 0.265 e. The van der Waals surface area contributed by atoms with Crippen molar-refractivity contribution in [3.05, 3.63) is 78.3 Å². The number of aryl methyl sites for hydroxylation is 1. The first kappa shape index (κ1) is 20.6. The van der Waals surface area contributed by atoms with Crippen molar-refractivity contribution in [1.82, 2.24) is 4.72 Å². The quantitative estimate of drug-likeness (QED) is 0.588. The summed E-state index contributed by atoms with van der Waals surface area (Å²) in [6, 6.07) is 16.7. The molecule has 0 bridgehead atoms. The summed E-state index contributed by atoms with van der Waals surface area (Å²) < 4.78 is 37.9. The zero-order valence-corrected chi connectivity index (χ0v) is 16.9. The zero-order valence-electron chi connectivity index (χ0n) is 16.1. The monoisotopic (exact) mass is 414 g/mol. The molecule has 7 nitrogen and oxygen atoms in total. The highest BCUT2D eigenvalue weighted by molar-refractivity contribution is 7.89. The summed E-state index contributed by atoms with van der Waals surface area (Å²) in [5.41, 5.74) is 1.57. The molecule has 0 spiro atoms. The van der Waals surface area contributed by atoms with Crippen LogP contribution >= 0.6 is 0 Å². The van der Waals surface area contributed by atoms with Gasteiger partial charge in [-0.1, -0.05) is 17.7 Å². The van der Waals surface area contributed by atoms with E-state index < -0.39 is 16.1 Å². The Morgan fingerprint density at radius 3 is 2.38 bits per heavy atom. The van der Waals surface area contributed by atoms with Crippen LogP contribution in [0.1, 0.15) is 18.2 Å². The molecule has 152 valence electrons. The van der Waals surface area contributed by atoms with E-state index >= 15 is 0 Å². The fourth-order valence-corrected chi connectivity index (χ4v) is 3.49. The molecule has 29 heavy (non-hydrogen) atoms. The van der Waals surface area contributed by atoms with Gasteiger partial charge in [0.2, 0.25) is 10.0 Å². The molecule has 1 aromatic heterocycles. The van der Waals surface area contributed by atoms with Gasteiger partial charge in [-0.25, -0.2) is 13.1 Å². The van der Waals surface area contributed by atoms with Crippen LogP contribution in [-0.2, 0) is 21.4 Å². The molecule has 0 aliphatic rings. The van der Waals surface area contributed by atoms with Crippen molar-refractivity contribution in [3.8, 4) is 5.75 Å². The fourth-order valence-electron chi connectivity index (χ4n) is 2.50. The Hall–Kier alpha value is -3.10. The van der Waals surface area contributed by atoms with Crippen molar-refractivity contribution >= 4 is 21.6 Å². The van der Waals surface area contributed by atoms with Gasteiger partial charge in [0.1, 0.15) is 11.5 Å². The molecule has 1 heterocycles. The first-order chi connectivity index (χ1) is 13.8. The van der Waals surface area contributed by atoms with E-state index in [-0.39, 0.29) is 17.3 Å². The Kier molecular flexibility index (Phi) is 6.36. The molecule has 0 fully saturated rings. The van der Waals surface area contributed by atoms with Crippen LogP contribution < -0.4 is 14.8 Å². The van der Waals surface area contributed by atoms with Crippen LogP contribution in [0, 0.1) is 6.92 Å². The molecule has 0 radical (unpaired) electrons. The summed E-state index contributed by atoms with van der Waals surface area (Å²) in [7, 11) is -3.69. The summed E-state index contributed by atoms with van der Waals surface area (Å²) in [4.78, 5) is 12.4. The standard InChI is InChI=1S/C21H22N2O5S/c1-15-5-9-18(10-6-15)28-16(2)21(24)23-17-7-11-20(12-8-17)29(25,26)22-14-19-4-3-13-27-19/h3-13,16,22H,14H2,1-2H3,(H,23,24). The number of rotatable bonds is 8. The number of carbonyl (C=O) groups excluding carboxylic acids is 1. The van der Waals surface area contributed by atoms with Crippen molar-refractivity contribution in [2.75, 3.05) is 5.32 Å². The molecule has 2 N–H and O–H groups in total. The van der Waals surface area contributed by atoms with Crippen molar-refractivity contribution in [2.45, 2.75) is 31.4 Å². The maximum Gasteiger partial charge on any atom is 0.265 e. The third kappa shape index (κ3) is 5.69. The molecular formula is C21H22N2O5S. The number of hydrogen-bond acceptors (Lipinski definition) is 5. The van der Waals surface area contributed by atoms with Crippen LogP contribution in [0.2, 0.25) is 0 Å². The number of sulfonamides is 1. The molecule has 2 aromatic carbocycles. The number of anilines is 1. The Labute approximate surface area is 169 Å². The minimum absolute atomic E-state index is 0.0572. The lowest BCUT2D eigenvalue weighted by Crippen LogP contribution is -2.30.